The van der Waals surface area contributed by atoms with Crippen LogP contribution < -0.4 is 21.2 Å². The van der Waals surface area contributed by atoms with E-state index in [1.807, 2.05) is 27.7 Å². The van der Waals surface area contributed by atoms with Crippen molar-refractivity contribution in [2.24, 2.45) is 11.8 Å². The van der Waals surface area contributed by atoms with Gasteiger partial charge in [-0.05, 0) is 44.4 Å². The number of aliphatic hydroxyl groups is 2. The van der Waals surface area contributed by atoms with Crippen LogP contribution in [-0.4, -0.2) is 98.4 Å². The van der Waals surface area contributed by atoms with Crippen LogP contribution in [0.15, 0.2) is 6.33 Å². The van der Waals surface area contributed by atoms with Gasteiger partial charge < -0.3 is 40.0 Å². The Balaban J connectivity index is 1.61. The third-order valence-corrected chi connectivity index (χ3v) is 9.64. The zero-order valence-electron chi connectivity index (χ0n) is 27.3. The molecular weight excluding hydrogens is 623 g/mol. The fourth-order valence-corrected chi connectivity index (χ4v) is 7.16. The van der Waals surface area contributed by atoms with E-state index >= 15 is 0 Å². The number of aromatic nitrogens is 4. The van der Waals surface area contributed by atoms with Crippen molar-refractivity contribution in [1.82, 2.24) is 29.7 Å². The van der Waals surface area contributed by atoms with Crippen LogP contribution in [0.3, 0.4) is 0 Å². The van der Waals surface area contributed by atoms with Gasteiger partial charge in [0.25, 0.3) is 0 Å². The highest BCUT2D eigenvalue weighted by molar-refractivity contribution is 7.54. The molecule has 7 N–H and O–H groups in total. The number of hydrogen-bond acceptors (Lipinski definition) is 14. The van der Waals surface area contributed by atoms with E-state index in [4.69, 9.17) is 24.5 Å². The van der Waals surface area contributed by atoms with Gasteiger partial charge in [-0.15, -0.1) is 0 Å². The normalized spacial score (nSPS) is 25.8. The average molecular weight is 671 g/mol. The zero-order chi connectivity index (χ0) is 34.0. The monoisotopic (exact) mass is 670 g/mol. The van der Waals surface area contributed by atoms with E-state index in [9.17, 15) is 24.4 Å². The Labute approximate surface area is 267 Å². The molecule has 0 aromatic carbocycles. The molecule has 2 fully saturated rings. The Morgan fingerprint density at radius 1 is 1.11 bits per heavy atom. The molecule has 2 aromatic heterocycles. The van der Waals surface area contributed by atoms with Crippen molar-refractivity contribution in [3.63, 3.8) is 0 Å². The highest BCUT2D eigenvalue weighted by Crippen LogP contribution is 2.45. The second kappa shape index (κ2) is 14.5. The molecule has 18 heteroatoms. The maximum Gasteiger partial charge on any atom is 0.342 e. The van der Waals surface area contributed by atoms with E-state index in [2.05, 4.69) is 30.4 Å². The molecule has 6 atom stereocenters. The average Bonchev–Trinajstić information content (AvgIpc) is 3.65. The number of aliphatic hydroxyl groups excluding tert-OH is 1. The third kappa shape index (κ3) is 8.32. The van der Waals surface area contributed by atoms with Crippen molar-refractivity contribution in [2.75, 3.05) is 31.9 Å². The predicted molar refractivity (Wildman–Crippen MR) is 167 cm³/mol. The lowest BCUT2D eigenvalue weighted by atomic mass is 9.96. The highest BCUT2D eigenvalue weighted by Gasteiger charge is 2.54. The molecule has 1 aliphatic carbocycles. The molecule has 0 amide bonds. The summed E-state index contributed by atoms with van der Waals surface area (Å²) in [6.45, 7) is 8.36. The number of fused-ring (bicyclic) bond motifs is 1. The Morgan fingerprint density at radius 3 is 2.17 bits per heavy atom. The van der Waals surface area contributed by atoms with Gasteiger partial charge >= 0.3 is 19.6 Å². The zero-order valence-corrected chi connectivity index (χ0v) is 28.2. The number of ether oxygens (including phenoxy) is 3. The molecule has 1 saturated heterocycles. The summed E-state index contributed by atoms with van der Waals surface area (Å²) < 4.78 is 37.7. The molecule has 0 radical (unpaired) electrons. The molecule has 258 valence electrons. The van der Waals surface area contributed by atoms with E-state index in [0.29, 0.717) is 11.3 Å². The van der Waals surface area contributed by atoms with E-state index < -0.39 is 62.3 Å². The van der Waals surface area contributed by atoms with Gasteiger partial charge in [0.1, 0.15) is 29.9 Å². The second-order valence-electron chi connectivity index (χ2n) is 12.9. The molecular formula is C28H47N8O9P. The van der Waals surface area contributed by atoms with Crippen LogP contribution in [0.4, 0.5) is 11.8 Å². The SMILES string of the molecule is COC(=O)C(CC(C)C)NP(=O)(NC(CC(C)C)C(=O)OC)OC[C@H]1O[C@@H](n2cnc3c(NC4CC4)nc(N)nc32)[C@@](C)(O)C1O. The fraction of sp³-hybridized carbons (Fsp3) is 0.750. The van der Waals surface area contributed by atoms with Gasteiger partial charge in [0.05, 0.1) is 27.2 Å². The number of carbonyl (C=O) groups excluding carboxylic acids is 2. The minimum atomic E-state index is -4.28. The molecule has 46 heavy (non-hydrogen) atoms. The summed E-state index contributed by atoms with van der Waals surface area (Å²) >= 11 is 0. The lowest BCUT2D eigenvalue weighted by Gasteiger charge is -2.30. The molecule has 3 unspecified atom stereocenters. The number of nitrogens with two attached hydrogens (primary N) is 1. The van der Waals surface area contributed by atoms with Crippen LogP contribution in [0.1, 0.15) is 66.5 Å². The molecule has 1 saturated carbocycles. The Kier molecular flexibility index (Phi) is 11.3. The number of anilines is 2. The number of rotatable bonds is 16. The lowest BCUT2D eigenvalue weighted by Crippen LogP contribution is -2.46. The molecule has 4 rings (SSSR count). The first kappa shape index (κ1) is 35.9. The smallest absolute Gasteiger partial charge is 0.342 e. The van der Waals surface area contributed by atoms with Crippen LogP contribution in [0, 0.1) is 11.8 Å². The van der Waals surface area contributed by atoms with Crippen molar-refractivity contribution in [3.05, 3.63) is 6.33 Å². The van der Waals surface area contributed by atoms with Crippen LogP contribution in [-0.2, 0) is 32.9 Å². The summed E-state index contributed by atoms with van der Waals surface area (Å²) in [4.78, 5) is 38.3. The minimum absolute atomic E-state index is 0.00389. The van der Waals surface area contributed by atoms with Crippen molar-refractivity contribution in [1.29, 1.82) is 0 Å². The number of methoxy groups -OCH3 is 2. The standard InChI is InChI=1S/C28H47N8O9P/c1-14(2)10-17(24(38)42-6)34-46(41,35-18(11-15(3)4)25(39)43-7)44-12-19-21(37)28(5,40)26(45-19)36-13-30-20-22(31-16-8-9-16)32-27(29)33-23(20)36/h13-19,21,26,37,40H,8-12H2,1-7H3,(H2,34,35,41)(H3,29,31,32,33)/t17?,18?,19-,21?,26-,28+,46?/m1/s1. The third-order valence-electron chi connectivity index (χ3n) is 7.82. The first-order chi connectivity index (χ1) is 21.6. The minimum Gasteiger partial charge on any atom is -0.468 e. The van der Waals surface area contributed by atoms with E-state index in [1.165, 1.54) is 32.0 Å². The number of hydrogen-bond donors (Lipinski definition) is 6. The van der Waals surface area contributed by atoms with Gasteiger partial charge in [-0.1, -0.05) is 27.7 Å². The van der Waals surface area contributed by atoms with Gasteiger partial charge in [-0.3, -0.25) is 18.7 Å². The maximum absolute atomic E-state index is 14.4. The molecule has 3 heterocycles. The Hall–Kier alpha value is -2.92. The van der Waals surface area contributed by atoms with Gasteiger partial charge in [0.15, 0.2) is 23.2 Å². The second-order valence-corrected chi connectivity index (χ2v) is 14.8. The van der Waals surface area contributed by atoms with Crippen molar-refractivity contribution in [3.8, 4) is 0 Å². The summed E-state index contributed by atoms with van der Waals surface area (Å²) in [5, 5.41) is 31.4. The van der Waals surface area contributed by atoms with E-state index in [0.717, 1.165) is 12.8 Å². The number of esters is 2. The van der Waals surface area contributed by atoms with Crippen molar-refractivity contribution in [2.45, 2.75) is 102 Å². The largest absolute Gasteiger partial charge is 0.468 e. The first-order valence-corrected chi connectivity index (χ1v) is 17.0. The number of nitrogens with one attached hydrogen (secondary N) is 3. The van der Waals surface area contributed by atoms with Crippen molar-refractivity contribution >= 4 is 42.5 Å². The summed E-state index contributed by atoms with van der Waals surface area (Å²) in [5.41, 5.74) is 4.77. The van der Waals surface area contributed by atoms with E-state index in [1.54, 1.807) is 0 Å². The predicted octanol–water partition coefficient (Wildman–Crippen LogP) is 1.47. The Bertz CT molecular complexity index is 1400. The van der Waals surface area contributed by atoms with Gasteiger partial charge in [-0.2, -0.15) is 9.97 Å². The van der Waals surface area contributed by atoms with Crippen LogP contribution in [0.2, 0.25) is 0 Å². The molecule has 1 aliphatic heterocycles. The van der Waals surface area contributed by atoms with Crippen molar-refractivity contribution < 1.29 is 43.1 Å². The van der Waals surface area contributed by atoms with Gasteiger partial charge in [0, 0.05) is 6.04 Å². The van der Waals surface area contributed by atoms with Crippen LogP contribution in [0.5, 0.6) is 0 Å². The molecule has 0 bridgehead atoms. The Morgan fingerprint density at radius 2 is 1.67 bits per heavy atom. The van der Waals surface area contributed by atoms with Gasteiger partial charge in [-0.25, -0.2) is 15.2 Å². The summed E-state index contributed by atoms with van der Waals surface area (Å²) in [7, 11) is -1.86. The lowest BCUT2D eigenvalue weighted by molar-refractivity contribution is -0.143. The summed E-state index contributed by atoms with van der Waals surface area (Å²) in [6, 6.07) is -1.87. The molecule has 2 aromatic rings. The van der Waals surface area contributed by atoms with E-state index in [-0.39, 0.29) is 42.3 Å². The summed E-state index contributed by atoms with van der Waals surface area (Å²) in [5.74, 6) is -0.935. The number of nitrogen functional groups attached to an aromatic ring is 1. The maximum atomic E-state index is 14.4. The molecule has 2 aliphatic rings. The summed E-state index contributed by atoms with van der Waals surface area (Å²) in [6.07, 6.45) is -0.106. The highest BCUT2D eigenvalue weighted by atomic mass is 31.2. The topological polar surface area (TPSA) is 234 Å². The molecule has 0 spiro atoms. The number of imidazole rings is 1. The van der Waals surface area contributed by atoms with Crippen LogP contribution >= 0.6 is 7.67 Å². The first-order valence-electron chi connectivity index (χ1n) is 15.4. The quantitative estimate of drug-likeness (QED) is 0.110. The fourth-order valence-electron chi connectivity index (χ4n) is 5.34. The number of nitrogens with zero attached hydrogens (tertiary/aromatic N) is 4. The molecule has 17 nitrogen and oxygen atoms in total. The van der Waals surface area contributed by atoms with Gasteiger partial charge in [0.2, 0.25) is 5.95 Å². The number of carbonyl (C=O) groups is 2. The van der Waals surface area contributed by atoms with Crippen LogP contribution in [0.25, 0.3) is 11.2 Å².